The molecule has 0 saturated heterocycles. The standard InChI is InChI=1S/C44H81N2O6P/c1-3-5-7-9-11-13-15-16-17-18-19-20-21-22-23-24-25-26-28-30-32-34-36-38-44(48)46-42(41-52-53(49,50)51-40-39-45)43(47)37-35-33-31-29-27-14-12-10-8-6-4-2/h5,7,11,13,16-17,19-20,35,37,42-43,47H,3-4,6,8-10,12,14-15,18,21-34,36,38-41,45H2,1-2H3,(H,46,48)(H,49,50)/b7-5-,13-11-,17-16-,20-19-,37-35+. The fourth-order valence-electron chi connectivity index (χ4n) is 5.89. The number of allylic oxidation sites excluding steroid dienone is 9. The molecule has 0 aromatic carbocycles. The van der Waals surface area contributed by atoms with Crippen molar-refractivity contribution in [3.05, 3.63) is 60.8 Å². The van der Waals surface area contributed by atoms with Gasteiger partial charge in [0.15, 0.2) is 0 Å². The van der Waals surface area contributed by atoms with Gasteiger partial charge in [-0.2, -0.15) is 0 Å². The molecule has 0 aliphatic heterocycles. The van der Waals surface area contributed by atoms with Gasteiger partial charge in [-0.15, -0.1) is 0 Å². The minimum atomic E-state index is -4.34. The van der Waals surface area contributed by atoms with Crippen LogP contribution in [0.3, 0.4) is 0 Å². The van der Waals surface area contributed by atoms with Crippen molar-refractivity contribution in [1.82, 2.24) is 5.32 Å². The summed E-state index contributed by atoms with van der Waals surface area (Å²) in [6.07, 6.45) is 49.8. The third kappa shape index (κ3) is 38.3. The monoisotopic (exact) mass is 765 g/mol. The van der Waals surface area contributed by atoms with Crippen molar-refractivity contribution in [2.75, 3.05) is 19.8 Å². The molecular formula is C44H81N2O6P. The van der Waals surface area contributed by atoms with Gasteiger partial charge in [0.2, 0.25) is 5.91 Å². The Morgan fingerprint density at radius 2 is 1.09 bits per heavy atom. The number of amides is 1. The summed E-state index contributed by atoms with van der Waals surface area (Å²) in [5, 5.41) is 13.6. The first kappa shape index (κ1) is 51.2. The van der Waals surface area contributed by atoms with E-state index < -0.39 is 20.0 Å². The van der Waals surface area contributed by atoms with Gasteiger partial charge in [-0.3, -0.25) is 13.8 Å². The van der Waals surface area contributed by atoms with Crippen LogP contribution in [-0.4, -0.2) is 47.8 Å². The number of hydrogen-bond donors (Lipinski definition) is 4. The lowest BCUT2D eigenvalue weighted by atomic mass is 10.0. The van der Waals surface area contributed by atoms with Crippen LogP contribution >= 0.6 is 7.82 Å². The van der Waals surface area contributed by atoms with E-state index in [1.54, 1.807) is 6.08 Å². The molecule has 0 spiro atoms. The molecule has 0 fully saturated rings. The first-order chi connectivity index (χ1) is 25.9. The Bertz CT molecular complexity index is 1010. The predicted molar refractivity (Wildman–Crippen MR) is 226 cm³/mol. The molecule has 3 atom stereocenters. The summed E-state index contributed by atoms with van der Waals surface area (Å²) in [4.78, 5) is 22.7. The van der Waals surface area contributed by atoms with Crippen molar-refractivity contribution in [2.45, 2.75) is 193 Å². The van der Waals surface area contributed by atoms with Crippen molar-refractivity contribution in [1.29, 1.82) is 0 Å². The lowest BCUT2D eigenvalue weighted by Crippen LogP contribution is -2.45. The van der Waals surface area contributed by atoms with Crippen LogP contribution in [0.25, 0.3) is 0 Å². The highest BCUT2D eigenvalue weighted by atomic mass is 31.2. The van der Waals surface area contributed by atoms with Crippen molar-refractivity contribution in [2.24, 2.45) is 5.73 Å². The second-order valence-corrected chi connectivity index (χ2v) is 15.6. The zero-order valence-corrected chi connectivity index (χ0v) is 34.9. The lowest BCUT2D eigenvalue weighted by Gasteiger charge is -2.23. The zero-order chi connectivity index (χ0) is 38.9. The maximum atomic E-state index is 12.7. The number of aliphatic hydroxyl groups excluding tert-OH is 1. The minimum Gasteiger partial charge on any atom is -0.387 e. The number of carbonyl (C=O) groups excluding carboxylic acids is 1. The number of unbranched alkanes of at least 4 members (excludes halogenated alkanes) is 19. The third-order valence-corrected chi connectivity index (χ3v) is 10.1. The number of carbonyl (C=O) groups is 1. The second kappa shape index (κ2) is 39.9. The van der Waals surface area contributed by atoms with E-state index in [1.807, 2.05) is 6.08 Å². The van der Waals surface area contributed by atoms with Crippen molar-refractivity contribution < 1.29 is 28.4 Å². The summed E-state index contributed by atoms with van der Waals surface area (Å²) in [6.45, 7) is 3.99. The van der Waals surface area contributed by atoms with E-state index in [2.05, 4.69) is 67.8 Å². The van der Waals surface area contributed by atoms with Gasteiger partial charge in [0.25, 0.3) is 0 Å². The summed E-state index contributed by atoms with van der Waals surface area (Å²) in [5.74, 6) is -0.203. The van der Waals surface area contributed by atoms with Crippen molar-refractivity contribution in [3.8, 4) is 0 Å². The van der Waals surface area contributed by atoms with Crippen LogP contribution in [0.5, 0.6) is 0 Å². The minimum absolute atomic E-state index is 0.0755. The normalized spacial score (nSPS) is 14.7. The summed E-state index contributed by atoms with van der Waals surface area (Å²) in [6, 6.07) is -0.863. The summed E-state index contributed by atoms with van der Waals surface area (Å²) in [5.41, 5.74) is 5.36. The molecule has 0 aromatic rings. The maximum absolute atomic E-state index is 12.7. The molecule has 5 N–H and O–H groups in total. The Morgan fingerprint density at radius 1 is 0.642 bits per heavy atom. The highest BCUT2D eigenvalue weighted by Crippen LogP contribution is 2.43. The summed E-state index contributed by atoms with van der Waals surface area (Å²) < 4.78 is 22.1. The number of nitrogens with two attached hydrogens (primary N) is 1. The Labute approximate surface area is 325 Å². The molecule has 0 aliphatic rings. The zero-order valence-electron chi connectivity index (χ0n) is 34.0. The largest absolute Gasteiger partial charge is 0.472 e. The average molecular weight is 765 g/mol. The molecule has 53 heavy (non-hydrogen) atoms. The fourth-order valence-corrected chi connectivity index (χ4v) is 6.65. The molecule has 3 unspecified atom stereocenters. The van der Waals surface area contributed by atoms with E-state index in [0.29, 0.717) is 6.42 Å². The van der Waals surface area contributed by atoms with Gasteiger partial charge >= 0.3 is 7.82 Å². The van der Waals surface area contributed by atoms with Crippen LogP contribution in [0, 0.1) is 0 Å². The van der Waals surface area contributed by atoms with Gasteiger partial charge in [0, 0.05) is 13.0 Å². The van der Waals surface area contributed by atoms with Gasteiger partial charge in [-0.1, -0.05) is 177 Å². The van der Waals surface area contributed by atoms with Crippen LogP contribution < -0.4 is 11.1 Å². The van der Waals surface area contributed by atoms with Gasteiger partial charge < -0.3 is 21.1 Å². The molecule has 1 amide bonds. The number of rotatable bonds is 39. The van der Waals surface area contributed by atoms with Crippen molar-refractivity contribution in [3.63, 3.8) is 0 Å². The average Bonchev–Trinajstić information content (AvgIpc) is 3.14. The number of hydrogen-bond acceptors (Lipinski definition) is 6. The van der Waals surface area contributed by atoms with E-state index in [1.165, 1.54) is 96.3 Å². The molecule has 0 bridgehead atoms. The number of phosphoric acid groups is 1. The predicted octanol–water partition coefficient (Wildman–Crippen LogP) is 11.9. The highest BCUT2D eigenvalue weighted by Gasteiger charge is 2.26. The topological polar surface area (TPSA) is 131 Å². The summed E-state index contributed by atoms with van der Waals surface area (Å²) >= 11 is 0. The smallest absolute Gasteiger partial charge is 0.387 e. The first-order valence-corrected chi connectivity index (χ1v) is 22.9. The molecule has 308 valence electrons. The molecule has 0 rings (SSSR count). The first-order valence-electron chi connectivity index (χ1n) is 21.4. The fraction of sp³-hybridized carbons (Fsp3) is 0.750. The van der Waals surface area contributed by atoms with E-state index in [0.717, 1.165) is 64.2 Å². The molecule has 0 saturated carbocycles. The van der Waals surface area contributed by atoms with E-state index >= 15 is 0 Å². The van der Waals surface area contributed by atoms with Gasteiger partial charge in [-0.05, 0) is 57.8 Å². The van der Waals surface area contributed by atoms with E-state index in [-0.39, 0.29) is 25.7 Å². The van der Waals surface area contributed by atoms with E-state index in [9.17, 15) is 19.4 Å². The molecule has 9 heteroatoms. The van der Waals surface area contributed by atoms with Gasteiger partial charge in [0.05, 0.1) is 25.4 Å². The third-order valence-electron chi connectivity index (χ3n) is 9.10. The van der Waals surface area contributed by atoms with Crippen molar-refractivity contribution >= 4 is 13.7 Å². The highest BCUT2D eigenvalue weighted by molar-refractivity contribution is 7.47. The van der Waals surface area contributed by atoms with Crippen LogP contribution in [-0.2, 0) is 18.4 Å². The SMILES string of the molecule is CC/C=C\C/C=C\C/C=C\C/C=C\CCCCCCCCCCCCC(=O)NC(COP(=O)(O)OCCN)C(O)/C=C/CCCCCCCCCCC. The van der Waals surface area contributed by atoms with Gasteiger partial charge in [-0.25, -0.2) is 4.57 Å². The maximum Gasteiger partial charge on any atom is 0.472 e. The number of nitrogens with one attached hydrogen (secondary N) is 1. The molecule has 0 aromatic heterocycles. The lowest BCUT2D eigenvalue weighted by molar-refractivity contribution is -0.123. The van der Waals surface area contributed by atoms with E-state index in [4.69, 9.17) is 14.8 Å². The molecule has 0 heterocycles. The Balaban J connectivity index is 4.13. The van der Waals surface area contributed by atoms with Crippen LogP contribution in [0.15, 0.2) is 60.8 Å². The van der Waals surface area contributed by atoms with Crippen LogP contribution in [0.1, 0.15) is 181 Å². The molecular weight excluding hydrogens is 683 g/mol. The quantitative estimate of drug-likeness (QED) is 0.0278. The molecule has 0 radical (unpaired) electrons. The van der Waals surface area contributed by atoms with Crippen LogP contribution in [0.4, 0.5) is 0 Å². The summed E-state index contributed by atoms with van der Waals surface area (Å²) in [7, 11) is -4.34. The number of phosphoric ester groups is 1. The molecule has 0 aliphatic carbocycles. The Morgan fingerprint density at radius 3 is 1.60 bits per heavy atom. The Kier molecular flexibility index (Phi) is 38.5. The molecule has 8 nitrogen and oxygen atoms in total. The van der Waals surface area contributed by atoms with Crippen LogP contribution in [0.2, 0.25) is 0 Å². The number of aliphatic hydroxyl groups is 1. The Hall–Kier alpha value is -1.80. The second-order valence-electron chi connectivity index (χ2n) is 14.2. The van der Waals surface area contributed by atoms with Gasteiger partial charge in [0.1, 0.15) is 0 Å².